The van der Waals surface area contributed by atoms with Crippen LogP contribution in [0.25, 0.3) is 0 Å². The Labute approximate surface area is 90.5 Å². The zero-order valence-corrected chi connectivity index (χ0v) is 9.42. The molecule has 5 heteroatoms. The monoisotopic (exact) mass is 212 g/mol. The zero-order chi connectivity index (χ0) is 11.3. The molecular weight excluding hydrogens is 192 g/mol. The summed E-state index contributed by atoms with van der Waals surface area (Å²) < 4.78 is 0. The minimum Gasteiger partial charge on any atom is -0.370 e. The molecule has 1 fully saturated rings. The van der Waals surface area contributed by atoms with Gasteiger partial charge in [0.1, 0.15) is 0 Å². The van der Waals surface area contributed by atoms with Crippen molar-refractivity contribution in [2.45, 2.75) is 32.7 Å². The molecule has 1 saturated heterocycles. The van der Waals surface area contributed by atoms with Gasteiger partial charge in [0, 0.05) is 25.6 Å². The molecule has 5 nitrogen and oxygen atoms in total. The Balaban J connectivity index is 2.19. The molecule has 1 rings (SSSR count). The molecule has 1 atom stereocenters. The predicted octanol–water partition coefficient (Wildman–Crippen LogP) is -0.175. The first-order chi connectivity index (χ1) is 7.08. The molecule has 0 aromatic carbocycles. The highest BCUT2D eigenvalue weighted by molar-refractivity contribution is 5.79. The molecule has 0 radical (unpaired) electrons. The molecule has 0 bridgehead atoms. The number of nitrogens with two attached hydrogens (primary N) is 1. The van der Waals surface area contributed by atoms with Gasteiger partial charge in [0.15, 0.2) is 5.96 Å². The third kappa shape index (κ3) is 4.67. The maximum Gasteiger partial charge on any atom is 0.220 e. The van der Waals surface area contributed by atoms with Crippen molar-refractivity contribution in [1.82, 2.24) is 10.6 Å². The number of hydrogen-bond donors (Lipinski definition) is 3. The van der Waals surface area contributed by atoms with Crippen LogP contribution in [0.1, 0.15) is 26.7 Å². The lowest BCUT2D eigenvalue weighted by Gasteiger charge is -2.11. The second-order valence-corrected chi connectivity index (χ2v) is 4.30. The average Bonchev–Trinajstić information content (AvgIpc) is 2.58. The number of amides is 1. The maximum atomic E-state index is 10.9. The van der Waals surface area contributed by atoms with E-state index in [1.165, 1.54) is 0 Å². The number of aliphatic imine (C=N–C) groups is 1. The summed E-state index contributed by atoms with van der Waals surface area (Å²) in [7, 11) is 0. The number of rotatable bonds is 4. The quantitative estimate of drug-likeness (QED) is 0.447. The van der Waals surface area contributed by atoms with Gasteiger partial charge in [0.25, 0.3) is 0 Å². The van der Waals surface area contributed by atoms with Crippen LogP contribution in [0.4, 0.5) is 0 Å². The molecule has 4 N–H and O–H groups in total. The van der Waals surface area contributed by atoms with E-state index in [-0.39, 0.29) is 11.9 Å². The average molecular weight is 212 g/mol. The van der Waals surface area contributed by atoms with E-state index in [1.807, 2.05) is 0 Å². The fourth-order valence-electron chi connectivity index (χ4n) is 1.40. The molecule has 86 valence electrons. The number of carbonyl (C=O) groups is 1. The van der Waals surface area contributed by atoms with Crippen molar-refractivity contribution >= 4 is 11.9 Å². The Hall–Kier alpha value is -1.26. The normalized spacial score (nSPS) is 21.9. The Bertz CT molecular complexity index is 250. The Morgan fingerprint density at radius 2 is 2.47 bits per heavy atom. The molecule has 15 heavy (non-hydrogen) atoms. The van der Waals surface area contributed by atoms with E-state index in [4.69, 9.17) is 5.73 Å². The molecule has 1 unspecified atom stereocenters. The van der Waals surface area contributed by atoms with E-state index < -0.39 is 0 Å². The van der Waals surface area contributed by atoms with Gasteiger partial charge in [-0.15, -0.1) is 0 Å². The second kappa shape index (κ2) is 5.58. The molecule has 0 spiro atoms. The minimum atomic E-state index is 0.125. The number of guanidine groups is 1. The highest BCUT2D eigenvalue weighted by Crippen LogP contribution is 2.04. The molecule has 0 aromatic rings. The molecular formula is C10H20N4O. The van der Waals surface area contributed by atoms with Crippen LogP contribution in [0.2, 0.25) is 0 Å². The van der Waals surface area contributed by atoms with Crippen LogP contribution in [0.5, 0.6) is 0 Å². The Morgan fingerprint density at radius 1 is 1.73 bits per heavy atom. The molecule has 1 amide bonds. The fourth-order valence-corrected chi connectivity index (χ4v) is 1.40. The van der Waals surface area contributed by atoms with Crippen LogP contribution in [-0.4, -0.2) is 31.0 Å². The fraction of sp³-hybridized carbons (Fsp3) is 0.800. The van der Waals surface area contributed by atoms with Crippen molar-refractivity contribution < 1.29 is 4.79 Å². The van der Waals surface area contributed by atoms with Gasteiger partial charge in [-0.25, -0.2) is 0 Å². The lowest BCUT2D eigenvalue weighted by molar-refractivity contribution is -0.119. The van der Waals surface area contributed by atoms with Crippen LogP contribution >= 0.6 is 0 Å². The smallest absolute Gasteiger partial charge is 0.220 e. The van der Waals surface area contributed by atoms with Gasteiger partial charge < -0.3 is 16.4 Å². The summed E-state index contributed by atoms with van der Waals surface area (Å²) in [6, 6.07) is 0.199. The van der Waals surface area contributed by atoms with Crippen molar-refractivity contribution in [2.75, 3.05) is 13.1 Å². The molecule has 0 saturated carbocycles. The summed E-state index contributed by atoms with van der Waals surface area (Å²) in [5.74, 6) is 1.10. The van der Waals surface area contributed by atoms with Crippen LogP contribution in [0.15, 0.2) is 4.99 Å². The molecule has 1 aliphatic rings. The summed E-state index contributed by atoms with van der Waals surface area (Å²) in [5.41, 5.74) is 5.66. The van der Waals surface area contributed by atoms with Crippen molar-refractivity contribution in [3.63, 3.8) is 0 Å². The largest absolute Gasteiger partial charge is 0.370 e. The van der Waals surface area contributed by atoms with Gasteiger partial charge in [-0.1, -0.05) is 13.8 Å². The van der Waals surface area contributed by atoms with Gasteiger partial charge in [-0.2, -0.15) is 0 Å². The lowest BCUT2D eigenvalue weighted by atomic mass is 10.2. The van der Waals surface area contributed by atoms with E-state index in [1.54, 1.807) is 0 Å². The van der Waals surface area contributed by atoms with Gasteiger partial charge in [-0.3, -0.25) is 9.79 Å². The summed E-state index contributed by atoms with van der Waals surface area (Å²) in [6.07, 6.45) is 1.50. The second-order valence-electron chi connectivity index (χ2n) is 4.30. The minimum absolute atomic E-state index is 0.125. The third-order valence-electron chi connectivity index (χ3n) is 2.24. The molecule has 0 aromatic heterocycles. The molecule has 0 aliphatic carbocycles. The highest BCUT2D eigenvalue weighted by atomic mass is 16.1. The van der Waals surface area contributed by atoms with Crippen molar-refractivity contribution in [3.8, 4) is 0 Å². The summed E-state index contributed by atoms with van der Waals surface area (Å²) in [6.45, 7) is 5.58. The van der Waals surface area contributed by atoms with Crippen LogP contribution in [0, 0.1) is 5.92 Å². The van der Waals surface area contributed by atoms with Crippen molar-refractivity contribution in [3.05, 3.63) is 0 Å². The van der Waals surface area contributed by atoms with Crippen LogP contribution in [0.3, 0.4) is 0 Å². The number of carbonyl (C=O) groups excluding carboxylic acids is 1. The molecule has 1 heterocycles. The van der Waals surface area contributed by atoms with Crippen LogP contribution < -0.4 is 16.4 Å². The topological polar surface area (TPSA) is 79.5 Å². The summed E-state index contributed by atoms with van der Waals surface area (Å²) >= 11 is 0. The lowest BCUT2D eigenvalue weighted by Crippen LogP contribution is -2.41. The van der Waals surface area contributed by atoms with E-state index in [9.17, 15) is 4.79 Å². The van der Waals surface area contributed by atoms with Crippen LogP contribution in [-0.2, 0) is 4.79 Å². The highest BCUT2D eigenvalue weighted by Gasteiger charge is 2.20. The van der Waals surface area contributed by atoms with E-state index in [0.717, 1.165) is 13.0 Å². The van der Waals surface area contributed by atoms with E-state index >= 15 is 0 Å². The third-order valence-corrected chi connectivity index (χ3v) is 2.24. The first-order valence-electron chi connectivity index (χ1n) is 5.41. The summed E-state index contributed by atoms with van der Waals surface area (Å²) in [4.78, 5) is 15.1. The SMILES string of the molecule is CC(C)CN=C(N)NCC1CCC(=O)N1. The standard InChI is InChI=1S/C10H20N4O/c1-7(2)5-12-10(11)13-6-8-3-4-9(15)14-8/h7-8H,3-6H2,1-2H3,(H,14,15)(H3,11,12,13). The van der Waals surface area contributed by atoms with Crippen molar-refractivity contribution in [2.24, 2.45) is 16.6 Å². The van der Waals surface area contributed by atoms with Gasteiger partial charge >= 0.3 is 0 Å². The van der Waals surface area contributed by atoms with Crippen molar-refractivity contribution in [1.29, 1.82) is 0 Å². The Morgan fingerprint density at radius 3 is 3.00 bits per heavy atom. The first-order valence-corrected chi connectivity index (χ1v) is 5.41. The van der Waals surface area contributed by atoms with Gasteiger partial charge in [-0.05, 0) is 12.3 Å². The number of nitrogens with zero attached hydrogens (tertiary/aromatic N) is 1. The Kier molecular flexibility index (Phi) is 4.39. The van der Waals surface area contributed by atoms with E-state index in [2.05, 4.69) is 29.5 Å². The predicted molar refractivity (Wildman–Crippen MR) is 60.5 cm³/mol. The van der Waals surface area contributed by atoms with E-state index in [0.29, 0.717) is 24.8 Å². The molecule has 1 aliphatic heterocycles. The number of hydrogen-bond acceptors (Lipinski definition) is 2. The van der Waals surface area contributed by atoms with Gasteiger partial charge in [0.05, 0.1) is 0 Å². The summed E-state index contributed by atoms with van der Waals surface area (Å²) in [5, 5.41) is 5.88. The zero-order valence-electron chi connectivity index (χ0n) is 9.42. The van der Waals surface area contributed by atoms with Gasteiger partial charge in [0.2, 0.25) is 5.91 Å². The maximum absolute atomic E-state index is 10.9. The first kappa shape index (κ1) is 11.8. The number of nitrogens with one attached hydrogen (secondary N) is 2.